The van der Waals surface area contributed by atoms with Gasteiger partial charge in [-0.25, -0.2) is 17.9 Å². The molecule has 1 aliphatic rings. The van der Waals surface area contributed by atoms with E-state index in [0.717, 1.165) is 25.9 Å². The number of nitrogens with one attached hydrogen (secondary N) is 1. The van der Waals surface area contributed by atoms with Gasteiger partial charge in [-0.05, 0) is 56.5 Å². The molecule has 0 radical (unpaired) electrons. The van der Waals surface area contributed by atoms with Crippen molar-refractivity contribution in [2.24, 2.45) is 0 Å². The van der Waals surface area contributed by atoms with Crippen LogP contribution < -0.4 is 4.72 Å². The van der Waals surface area contributed by atoms with E-state index in [9.17, 15) is 13.2 Å². The van der Waals surface area contributed by atoms with Gasteiger partial charge in [-0.1, -0.05) is 25.5 Å². The number of methoxy groups -OCH3 is 1. The van der Waals surface area contributed by atoms with Gasteiger partial charge in [0.05, 0.1) is 18.4 Å². The van der Waals surface area contributed by atoms with E-state index in [1.807, 2.05) is 0 Å². The lowest BCUT2D eigenvalue weighted by atomic mass is 10.00. The van der Waals surface area contributed by atoms with Crippen molar-refractivity contribution >= 4 is 16.0 Å². The Morgan fingerprint density at radius 2 is 2.00 bits per heavy atom. The first-order valence-corrected chi connectivity index (χ1v) is 11.0. The van der Waals surface area contributed by atoms with E-state index in [-0.39, 0.29) is 5.75 Å². The van der Waals surface area contributed by atoms with Gasteiger partial charge in [0.1, 0.15) is 0 Å². The summed E-state index contributed by atoms with van der Waals surface area (Å²) < 4.78 is 31.8. The van der Waals surface area contributed by atoms with Crippen LogP contribution in [0.25, 0.3) is 0 Å². The molecular formula is C19H30N2O4S. The van der Waals surface area contributed by atoms with Gasteiger partial charge in [0.2, 0.25) is 10.0 Å². The molecule has 1 N–H and O–H groups in total. The lowest BCUT2D eigenvalue weighted by molar-refractivity contribution is 0.0600. The van der Waals surface area contributed by atoms with Crippen molar-refractivity contribution in [1.29, 1.82) is 0 Å². The largest absolute Gasteiger partial charge is 0.465 e. The quantitative estimate of drug-likeness (QED) is 0.525. The van der Waals surface area contributed by atoms with E-state index in [2.05, 4.69) is 21.3 Å². The molecule has 7 heteroatoms. The van der Waals surface area contributed by atoms with Crippen molar-refractivity contribution in [3.05, 3.63) is 35.4 Å². The Balaban J connectivity index is 1.77. The zero-order chi connectivity index (χ0) is 19.0. The highest BCUT2D eigenvalue weighted by Crippen LogP contribution is 2.19. The highest BCUT2D eigenvalue weighted by Gasteiger charge is 2.20. The van der Waals surface area contributed by atoms with Crippen molar-refractivity contribution in [1.82, 2.24) is 9.62 Å². The monoisotopic (exact) mass is 382 g/mol. The number of likely N-dealkylation sites (tertiary alicyclic amines) is 1. The zero-order valence-electron chi connectivity index (χ0n) is 15.7. The second kappa shape index (κ2) is 10.0. The third-order valence-electron chi connectivity index (χ3n) is 4.90. The number of piperidine rings is 1. The van der Waals surface area contributed by atoms with E-state index >= 15 is 0 Å². The highest BCUT2D eigenvalue weighted by atomic mass is 32.2. The van der Waals surface area contributed by atoms with Gasteiger partial charge >= 0.3 is 5.97 Å². The van der Waals surface area contributed by atoms with Crippen LogP contribution in [0.5, 0.6) is 0 Å². The molecule has 6 nitrogen and oxygen atoms in total. The summed E-state index contributed by atoms with van der Waals surface area (Å²) in [6, 6.07) is 7.10. The van der Waals surface area contributed by atoms with E-state index in [1.165, 1.54) is 26.4 Å². The maximum atomic E-state index is 12.2. The smallest absolute Gasteiger partial charge is 0.337 e. The minimum atomic E-state index is -3.38. The summed E-state index contributed by atoms with van der Waals surface area (Å²) in [6.07, 6.45) is 5.77. The zero-order valence-corrected chi connectivity index (χ0v) is 16.6. The number of rotatable bonds is 9. The van der Waals surface area contributed by atoms with E-state index in [0.29, 0.717) is 23.7 Å². The summed E-state index contributed by atoms with van der Waals surface area (Å²) in [4.78, 5) is 13.9. The standard InChI is InChI=1S/C19H30N2O4S/c1-3-18-7-4-5-13-21(18)14-6-12-20-26(23,24)15-16-8-10-17(11-9-16)19(22)25-2/h8-11,18,20H,3-7,12-15H2,1-2H3. The lowest BCUT2D eigenvalue weighted by Gasteiger charge is -2.35. The van der Waals surface area contributed by atoms with Crippen LogP contribution in [0, 0.1) is 0 Å². The van der Waals surface area contributed by atoms with Gasteiger partial charge in [-0.3, -0.25) is 0 Å². The molecule has 1 aromatic rings. The van der Waals surface area contributed by atoms with Crippen molar-refractivity contribution in [2.45, 2.75) is 50.8 Å². The first kappa shape index (κ1) is 20.9. The van der Waals surface area contributed by atoms with Gasteiger partial charge < -0.3 is 9.64 Å². The predicted molar refractivity (Wildman–Crippen MR) is 103 cm³/mol. The Hall–Kier alpha value is -1.44. The third-order valence-corrected chi connectivity index (χ3v) is 6.25. The van der Waals surface area contributed by atoms with Crippen LogP contribution in [0.1, 0.15) is 54.9 Å². The Kier molecular flexibility index (Phi) is 8.06. The molecule has 2 rings (SSSR count). The van der Waals surface area contributed by atoms with Crippen molar-refractivity contribution in [3.63, 3.8) is 0 Å². The summed E-state index contributed by atoms with van der Waals surface area (Å²) in [7, 11) is -2.06. The molecule has 1 fully saturated rings. The minimum absolute atomic E-state index is 0.0875. The summed E-state index contributed by atoms with van der Waals surface area (Å²) in [5.41, 5.74) is 1.06. The van der Waals surface area contributed by atoms with Crippen molar-refractivity contribution in [2.75, 3.05) is 26.7 Å². The number of sulfonamides is 1. The van der Waals surface area contributed by atoms with Gasteiger partial charge in [0, 0.05) is 12.6 Å². The van der Waals surface area contributed by atoms with Crippen LogP contribution in [0.4, 0.5) is 0 Å². The van der Waals surface area contributed by atoms with Crippen molar-refractivity contribution < 1.29 is 17.9 Å². The fourth-order valence-electron chi connectivity index (χ4n) is 3.45. The summed E-state index contributed by atoms with van der Waals surface area (Å²) in [6.45, 7) is 4.74. The normalized spacial score (nSPS) is 18.6. The Bertz CT molecular complexity index is 673. The van der Waals surface area contributed by atoms with Crippen LogP contribution in [-0.4, -0.2) is 52.1 Å². The molecule has 0 saturated carbocycles. The summed E-state index contributed by atoms with van der Waals surface area (Å²) in [5, 5.41) is 0. The Labute approximate surface area is 157 Å². The second-order valence-electron chi connectivity index (χ2n) is 6.79. The molecule has 1 atom stereocenters. The van der Waals surface area contributed by atoms with E-state index in [4.69, 9.17) is 0 Å². The number of ether oxygens (including phenoxy) is 1. The predicted octanol–water partition coefficient (Wildman–Crippen LogP) is 2.55. The number of carbonyl (C=O) groups is 1. The number of benzene rings is 1. The highest BCUT2D eigenvalue weighted by molar-refractivity contribution is 7.88. The Morgan fingerprint density at radius 1 is 1.27 bits per heavy atom. The van der Waals surface area contributed by atoms with Crippen LogP contribution in [0.2, 0.25) is 0 Å². The second-order valence-corrected chi connectivity index (χ2v) is 8.60. The van der Waals surface area contributed by atoms with Crippen molar-refractivity contribution in [3.8, 4) is 0 Å². The van der Waals surface area contributed by atoms with Gasteiger partial charge in [0.15, 0.2) is 0 Å². The summed E-state index contributed by atoms with van der Waals surface area (Å²) in [5.74, 6) is -0.518. The molecule has 0 spiro atoms. The molecule has 1 aliphatic heterocycles. The SMILES string of the molecule is CCC1CCCCN1CCCNS(=O)(=O)Cc1ccc(C(=O)OC)cc1. The van der Waals surface area contributed by atoms with Gasteiger partial charge in [-0.15, -0.1) is 0 Å². The van der Waals surface area contributed by atoms with Gasteiger partial charge in [0.25, 0.3) is 0 Å². The topological polar surface area (TPSA) is 75.7 Å². The lowest BCUT2D eigenvalue weighted by Crippen LogP contribution is -2.40. The van der Waals surface area contributed by atoms with E-state index < -0.39 is 16.0 Å². The molecule has 26 heavy (non-hydrogen) atoms. The van der Waals surface area contributed by atoms with E-state index in [1.54, 1.807) is 24.3 Å². The first-order valence-electron chi connectivity index (χ1n) is 9.34. The van der Waals surface area contributed by atoms with Crippen LogP contribution >= 0.6 is 0 Å². The maximum Gasteiger partial charge on any atom is 0.337 e. The number of hydrogen-bond donors (Lipinski definition) is 1. The minimum Gasteiger partial charge on any atom is -0.465 e. The molecule has 1 saturated heterocycles. The molecule has 0 aromatic heterocycles. The number of carbonyl (C=O) groups excluding carboxylic acids is 1. The molecule has 1 unspecified atom stereocenters. The average molecular weight is 383 g/mol. The molecule has 0 aliphatic carbocycles. The first-order chi connectivity index (χ1) is 12.4. The molecule has 146 valence electrons. The molecule has 0 bridgehead atoms. The van der Waals surface area contributed by atoms with Crippen LogP contribution in [-0.2, 0) is 20.5 Å². The fraction of sp³-hybridized carbons (Fsp3) is 0.632. The number of hydrogen-bond acceptors (Lipinski definition) is 5. The molecule has 0 amide bonds. The van der Waals surface area contributed by atoms with Gasteiger partial charge in [-0.2, -0.15) is 0 Å². The third kappa shape index (κ3) is 6.37. The fourth-order valence-corrected chi connectivity index (χ4v) is 4.64. The van der Waals surface area contributed by atoms with Crippen LogP contribution in [0.3, 0.4) is 0 Å². The van der Waals surface area contributed by atoms with Crippen LogP contribution in [0.15, 0.2) is 24.3 Å². The number of nitrogens with zero attached hydrogens (tertiary/aromatic N) is 1. The average Bonchev–Trinajstić information content (AvgIpc) is 2.65. The molecule has 1 aromatic carbocycles. The number of esters is 1. The molecular weight excluding hydrogens is 352 g/mol. The Morgan fingerprint density at radius 3 is 2.65 bits per heavy atom. The molecule has 1 heterocycles. The maximum absolute atomic E-state index is 12.2. The summed E-state index contributed by atoms with van der Waals surface area (Å²) >= 11 is 0.